The Morgan fingerprint density at radius 2 is 1.58 bits per heavy atom. The van der Waals surface area contributed by atoms with Gasteiger partial charge in [0.2, 0.25) is 21.8 Å². The Morgan fingerprint density at radius 1 is 1.00 bits per heavy atom. The van der Waals surface area contributed by atoms with Crippen molar-refractivity contribution in [1.29, 1.82) is 0 Å². The molecule has 0 saturated carbocycles. The van der Waals surface area contributed by atoms with Crippen molar-refractivity contribution in [1.82, 2.24) is 10.2 Å². The second-order valence-electron chi connectivity index (χ2n) is 7.83. The lowest BCUT2D eigenvalue weighted by atomic mass is 10.1. The van der Waals surface area contributed by atoms with Gasteiger partial charge < -0.3 is 10.2 Å². The average Bonchev–Trinajstić information content (AvgIpc) is 2.76. The summed E-state index contributed by atoms with van der Waals surface area (Å²) in [6.45, 7) is 4.14. The van der Waals surface area contributed by atoms with Crippen LogP contribution in [0.1, 0.15) is 32.8 Å². The summed E-state index contributed by atoms with van der Waals surface area (Å²) >= 11 is 0. The van der Waals surface area contributed by atoms with Gasteiger partial charge in [-0.3, -0.25) is 13.9 Å². The highest BCUT2D eigenvalue weighted by Gasteiger charge is 2.31. The number of halogens is 2. The molecule has 0 fully saturated rings. The number of nitrogens with one attached hydrogen (secondary N) is 1. The van der Waals surface area contributed by atoms with Crippen molar-refractivity contribution < 1.29 is 26.8 Å². The number of hydrogen-bond acceptors (Lipinski definition) is 4. The van der Waals surface area contributed by atoms with Crippen molar-refractivity contribution in [3.63, 3.8) is 0 Å². The highest BCUT2D eigenvalue weighted by atomic mass is 32.2. The van der Waals surface area contributed by atoms with E-state index >= 15 is 0 Å². The van der Waals surface area contributed by atoms with Crippen LogP contribution in [0, 0.1) is 11.6 Å². The molecule has 2 amide bonds. The minimum Gasteiger partial charge on any atom is -0.352 e. The Morgan fingerprint density at radius 3 is 2.12 bits per heavy atom. The van der Waals surface area contributed by atoms with Gasteiger partial charge in [0.05, 0.1) is 11.9 Å². The third-order valence-electron chi connectivity index (χ3n) is 5.27. The van der Waals surface area contributed by atoms with E-state index in [4.69, 9.17) is 0 Å². The van der Waals surface area contributed by atoms with Gasteiger partial charge in [-0.25, -0.2) is 17.2 Å². The molecule has 2 aromatic carbocycles. The Hall–Kier alpha value is -3.01. The van der Waals surface area contributed by atoms with E-state index in [1.165, 1.54) is 43.3 Å². The van der Waals surface area contributed by atoms with E-state index < -0.39 is 46.1 Å². The second kappa shape index (κ2) is 11.2. The highest BCUT2D eigenvalue weighted by molar-refractivity contribution is 7.92. The second-order valence-corrected chi connectivity index (χ2v) is 9.73. The van der Waals surface area contributed by atoms with E-state index in [0.29, 0.717) is 10.7 Å². The number of nitrogens with zero attached hydrogens (tertiary/aromatic N) is 2. The molecule has 0 aliphatic rings. The monoisotopic (exact) mass is 481 g/mol. The van der Waals surface area contributed by atoms with Crippen LogP contribution in [-0.4, -0.2) is 50.0 Å². The SMILES string of the molecule is CC[C@@H](C)NC(=O)[C@@H](C)N(Cc1ccccc1F)C(=O)CN(c1ccccc1F)S(C)(=O)=O. The van der Waals surface area contributed by atoms with Crippen molar-refractivity contribution in [2.24, 2.45) is 0 Å². The summed E-state index contributed by atoms with van der Waals surface area (Å²) in [4.78, 5) is 27.1. The molecule has 1 N–H and O–H groups in total. The number of hydrogen-bond donors (Lipinski definition) is 1. The minimum absolute atomic E-state index is 0.156. The van der Waals surface area contributed by atoms with Crippen LogP contribution in [0.25, 0.3) is 0 Å². The average molecular weight is 482 g/mol. The standard InChI is InChI=1S/C23H29F2N3O4S/c1-5-16(2)26-23(30)17(3)27(14-18-10-6-7-11-19(18)24)22(29)15-28(33(4,31)32)21-13-9-8-12-20(21)25/h6-13,16-17H,5,14-15H2,1-4H3,(H,26,30)/t16-,17-/m1/s1. The molecular formula is C23H29F2N3O4S. The molecule has 0 aliphatic carbocycles. The Balaban J connectivity index is 2.41. The van der Waals surface area contributed by atoms with Crippen molar-refractivity contribution in [2.45, 2.75) is 45.8 Å². The molecule has 33 heavy (non-hydrogen) atoms. The van der Waals surface area contributed by atoms with Gasteiger partial charge in [-0.15, -0.1) is 0 Å². The molecule has 0 radical (unpaired) electrons. The molecule has 0 saturated heterocycles. The highest BCUT2D eigenvalue weighted by Crippen LogP contribution is 2.22. The lowest BCUT2D eigenvalue weighted by Gasteiger charge is -2.32. The first kappa shape index (κ1) is 26.2. The number of carbonyl (C=O) groups excluding carboxylic acids is 2. The summed E-state index contributed by atoms with van der Waals surface area (Å²) < 4.78 is 54.1. The largest absolute Gasteiger partial charge is 0.352 e. The number of carbonyl (C=O) groups is 2. The molecule has 0 bridgehead atoms. The summed E-state index contributed by atoms with van der Waals surface area (Å²) in [5.74, 6) is -2.64. The van der Waals surface area contributed by atoms with E-state index in [1.54, 1.807) is 13.0 Å². The van der Waals surface area contributed by atoms with Crippen LogP contribution in [0.2, 0.25) is 0 Å². The number of para-hydroxylation sites is 1. The van der Waals surface area contributed by atoms with E-state index in [0.717, 1.165) is 17.2 Å². The van der Waals surface area contributed by atoms with E-state index in [9.17, 15) is 26.8 Å². The van der Waals surface area contributed by atoms with Crippen LogP contribution in [0.5, 0.6) is 0 Å². The maximum atomic E-state index is 14.3. The fraction of sp³-hybridized carbons (Fsp3) is 0.391. The molecule has 0 aliphatic heterocycles. The van der Waals surface area contributed by atoms with E-state index in [1.807, 2.05) is 6.92 Å². The van der Waals surface area contributed by atoms with Gasteiger partial charge >= 0.3 is 0 Å². The van der Waals surface area contributed by atoms with Crippen LogP contribution >= 0.6 is 0 Å². The number of benzene rings is 2. The molecule has 0 aromatic heterocycles. The maximum absolute atomic E-state index is 14.3. The molecule has 7 nitrogen and oxygen atoms in total. The van der Waals surface area contributed by atoms with Crippen LogP contribution in [0.3, 0.4) is 0 Å². The first-order chi connectivity index (χ1) is 15.5. The van der Waals surface area contributed by atoms with Gasteiger partial charge in [0.1, 0.15) is 24.2 Å². The quantitative estimate of drug-likeness (QED) is 0.565. The van der Waals surface area contributed by atoms with Crippen LogP contribution in [-0.2, 0) is 26.2 Å². The maximum Gasteiger partial charge on any atom is 0.244 e. The van der Waals surface area contributed by atoms with Crippen LogP contribution < -0.4 is 9.62 Å². The lowest BCUT2D eigenvalue weighted by molar-refractivity contribution is -0.139. The smallest absolute Gasteiger partial charge is 0.244 e. The number of rotatable bonds is 10. The molecule has 180 valence electrons. The zero-order valence-electron chi connectivity index (χ0n) is 19.1. The molecular weight excluding hydrogens is 452 g/mol. The van der Waals surface area contributed by atoms with Crippen molar-refractivity contribution in [2.75, 3.05) is 17.1 Å². The number of amides is 2. The molecule has 0 unspecified atom stereocenters. The predicted molar refractivity (Wildman–Crippen MR) is 123 cm³/mol. The van der Waals surface area contributed by atoms with Gasteiger partial charge in [0, 0.05) is 18.2 Å². The normalized spacial score (nSPS) is 13.2. The zero-order valence-corrected chi connectivity index (χ0v) is 19.9. The van der Waals surface area contributed by atoms with Crippen molar-refractivity contribution >= 4 is 27.5 Å². The molecule has 0 heterocycles. The third kappa shape index (κ3) is 6.98. The van der Waals surface area contributed by atoms with Gasteiger partial charge in [0.25, 0.3) is 0 Å². The summed E-state index contributed by atoms with van der Waals surface area (Å²) in [6, 6.07) is 9.75. The molecule has 2 atom stereocenters. The molecule has 2 aromatic rings. The zero-order chi connectivity index (χ0) is 24.8. The topological polar surface area (TPSA) is 86.8 Å². The number of sulfonamides is 1. The van der Waals surface area contributed by atoms with Crippen LogP contribution in [0.4, 0.5) is 14.5 Å². The molecule has 0 spiro atoms. The fourth-order valence-corrected chi connectivity index (χ4v) is 3.96. The van der Waals surface area contributed by atoms with E-state index in [2.05, 4.69) is 5.32 Å². The summed E-state index contributed by atoms with van der Waals surface area (Å²) in [5.41, 5.74) is -0.137. The first-order valence-electron chi connectivity index (χ1n) is 10.5. The Labute approximate surface area is 193 Å². The third-order valence-corrected chi connectivity index (χ3v) is 6.39. The Bertz CT molecular complexity index is 1090. The van der Waals surface area contributed by atoms with Gasteiger partial charge in [0.15, 0.2) is 0 Å². The van der Waals surface area contributed by atoms with Crippen molar-refractivity contribution in [3.05, 3.63) is 65.7 Å². The minimum atomic E-state index is -4.05. The fourth-order valence-electron chi connectivity index (χ4n) is 3.11. The summed E-state index contributed by atoms with van der Waals surface area (Å²) in [5, 5.41) is 2.77. The van der Waals surface area contributed by atoms with E-state index in [-0.39, 0.29) is 23.8 Å². The molecule has 10 heteroatoms. The first-order valence-corrected chi connectivity index (χ1v) is 12.4. The van der Waals surface area contributed by atoms with Crippen molar-refractivity contribution in [3.8, 4) is 0 Å². The summed E-state index contributed by atoms with van der Waals surface area (Å²) in [6.07, 6.45) is 1.52. The predicted octanol–water partition coefficient (Wildman–Crippen LogP) is 3.06. The number of anilines is 1. The molecule has 2 rings (SSSR count). The van der Waals surface area contributed by atoms with Crippen LogP contribution in [0.15, 0.2) is 48.5 Å². The summed E-state index contributed by atoms with van der Waals surface area (Å²) in [7, 11) is -4.05. The van der Waals surface area contributed by atoms with Gasteiger partial charge in [-0.05, 0) is 38.5 Å². The Kier molecular flexibility index (Phi) is 8.92. The van der Waals surface area contributed by atoms with Gasteiger partial charge in [-0.1, -0.05) is 37.3 Å². The van der Waals surface area contributed by atoms with Gasteiger partial charge in [-0.2, -0.15) is 0 Å². The lowest BCUT2D eigenvalue weighted by Crippen LogP contribution is -2.52.